The number of rotatable bonds is 6. The number of aromatic amines is 1. The van der Waals surface area contributed by atoms with Gasteiger partial charge in [0.15, 0.2) is 0 Å². The molecule has 5 aromatic rings. The third-order valence-corrected chi connectivity index (χ3v) is 7.72. The zero-order chi connectivity index (χ0) is 22.3. The van der Waals surface area contributed by atoms with Crippen molar-refractivity contribution in [3.8, 4) is 11.1 Å². The van der Waals surface area contributed by atoms with Crippen LogP contribution in [0.25, 0.3) is 33.1 Å². The fourth-order valence-electron chi connectivity index (χ4n) is 3.85. The van der Waals surface area contributed by atoms with E-state index in [0.717, 1.165) is 38.6 Å². The zero-order valence-corrected chi connectivity index (χ0v) is 18.9. The molecule has 8 heteroatoms. The molecule has 0 saturated carbocycles. The summed E-state index contributed by atoms with van der Waals surface area (Å²) in [6.45, 7) is 0. The van der Waals surface area contributed by atoms with Crippen molar-refractivity contribution in [2.45, 2.75) is 11.3 Å². The lowest BCUT2D eigenvalue weighted by molar-refractivity contribution is 0.589. The first kappa shape index (κ1) is 20.8. The molecule has 162 valence electrons. The Morgan fingerprint density at radius 2 is 1.88 bits per heavy atom. The number of H-pyrrole nitrogens is 1. The van der Waals surface area contributed by atoms with E-state index in [2.05, 4.69) is 16.2 Å². The molecule has 5 rings (SSSR count). The minimum Gasteiger partial charge on any atom is -0.342 e. The number of aromatic nitrogens is 3. The fraction of sp³-hybridized carbons (Fsp3) is 0.125. The second-order valence-corrected chi connectivity index (χ2v) is 10.3. The molecule has 0 amide bonds. The second-order valence-electron chi connectivity index (χ2n) is 7.48. The van der Waals surface area contributed by atoms with Gasteiger partial charge in [-0.25, -0.2) is 21.8 Å². The topological polar surface area (TPSA) is 67.8 Å². The minimum absolute atomic E-state index is 0.147. The highest BCUT2D eigenvalue weighted by Crippen LogP contribution is 2.34. The van der Waals surface area contributed by atoms with Gasteiger partial charge in [0.05, 0.1) is 21.4 Å². The summed E-state index contributed by atoms with van der Waals surface area (Å²) in [5.41, 5.74) is 3.56. The van der Waals surface area contributed by atoms with Gasteiger partial charge in [-0.2, -0.15) is 11.8 Å². The van der Waals surface area contributed by atoms with Gasteiger partial charge in [-0.15, -0.1) is 0 Å². The summed E-state index contributed by atoms with van der Waals surface area (Å²) in [4.78, 5) is 8.16. The lowest BCUT2D eigenvalue weighted by atomic mass is 10.0. The average Bonchev–Trinajstić information content (AvgIpc) is 3.38. The molecule has 0 unspecified atom stereocenters. The van der Waals surface area contributed by atoms with Crippen LogP contribution < -0.4 is 0 Å². The normalized spacial score (nSPS) is 12.1. The monoisotopic (exact) mass is 465 g/mol. The summed E-state index contributed by atoms with van der Waals surface area (Å²) in [6, 6.07) is 18.2. The number of aryl methyl sites for hydroxylation is 1. The lowest BCUT2D eigenvalue weighted by Crippen LogP contribution is -2.11. The van der Waals surface area contributed by atoms with Crippen molar-refractivity contribution in [2.24, 2.45) is 0 Å². The van der Waals surface area contributed by atoms with E-state index in [0.29, 0.717) is 16.5 Å². The highest BCUT2D eigenvalue weighted by atomic mass is 32.2. The van der Waals surface area contributed by atoms with Crippen LogP contribution in [0.1, 0.15) is 5.82 Å². The van der Waals surface area contributed by atoms with Gasteiger partial charge in [0.2, 0.25) is 0 Å². The Labute approximate surface area is 189 Å². The number of halogens is 1. The van der Waals surface area contributed by atoms with Crippen molar-refractivity contribution in [1.82, 2.24) is 13.9 Å². The van der Waals surface area contributed by atoms with Crippen LogP contribution >= 0.6 is 11.8 Å². The van der Waals surface area contributed by atoms with Crippen LogP contribution in [0.2, 0.25) is 0 Å². The maximum absolute atomic E-state index is 14.1. The molecule has 0 fully saturated rings. The molecule has 5 nitrogen and oxygen atoms in total. The summed E-state index contributed by atoms with van der Waals surface area (Å²) in [6.07, 6.45) is 4.47. The first-order valence-corrected chi connectivity index (χ1v) is 12.9. The maximum atomic E-state index is 14.1. The van der Waals surface area contributed by atoms with E-state index in [9.17, 15) is 12.8 Å². The van der Waals surface area contributed by atoms with Crippen LogP contribution in [0.5, 0.6) is 0 Å². The molecule has 0 bridgehead atoms. The number of nitrogens with zero attached hydrogens (tertiary/aromatic N) is 2. The highest BCUT2D eigenvalue weighted by molar-refractivity contribution is 7.98. The van der Waals surface area contributed by atoms with E-state index in [-0.39, 0.29) is 4.90 Å². The number of imidazole rings is 1. The Morgan fingerprint density at radius 1 is 1.06 bits per heavy atom. The molecule has 2 heterocycles. The summed E-state index contributed by atoms with van der Waals surface area (Å²) < 4.78 is 42.0. The molecule has 0 aliphatic rings. The quantitative estimate of drug-likeness (QED) is 0.361. The SMILES string of the molecule is CSCCc1nc2cc(-c3cn(S(=O)(=O)c4ccccc4)c4cc(F)ccc34)ccc2[nH]1. The van der Waals surface area contributed by atoms with Crippen LogP contribution in [-0.2, 0) is 16.4 Å². The molecule has 0 saturated heterocycles. The number of hydrogen-bond acceptors (Lipinski definition) is 4. The largest absolute Gasteiger partial charge is 0.342 e. The number of nitrogens with one attached hydrogen (secondary N) is 1. The van der Waals surface area contributed by atoms with E-state index in [1.54, 1.807) is 42.2 Å². The van der Waals surface area contributed by atoms with Gasteiger partial charge in [0, 0.05) is 29.3 Å². The minimum atomic E-state index is -3.89. The van der Waals surface area contributed by atoms with E-state index >= 15 is 0 Å². The van der Waals surface area contributed by atoms with Crippen molar-refractivity contribution < 1.29 is 12.8 Å². The van der Waals surface area contributed by atoms with Crippen LogP contribution in [0, 0.1) is 5.82 Å². The van der Waals surface area contributed by atoms with Gasteiger partial charge < -0.3 is 4.98 Å². The van der Waals surface area contributed by atoms with Crippen LogP contribution in [0.3, 0.4) is 0 Å². The van der Waals surface area contributed by atoms with E-state index < -0.39 is 15.8 Å². The van der Waals surface area contributed by atoms with Gasteiger partial charge in [0.1, 0.15) is 11.6 Å². The molecular formula is C24H20FN3O2S2. The summed E-state index contributed by atoms with van der Waals surface area (Å²) in [7, 11) is -3.89. The van der Waals surface area contributed by atoms with Crippen molar-refractivity contribution in [1.29, 1.82) is 0 Å². The Kier molecular flexibility index (Phi) is 5.27. The van der Waals surface area contributed by atoms with Crippen LogP contribution in [-0.4, -0.2) is 34.4 Å². The Balaban J connectivity index is 1.69. The number of fused-ring (bicyclic) bond motifs is 2. The van der Waals surface area contributed by atoms with Crippen molar-refractivity contribution in [3.05, 3.63) is 84.6 Å². The zero-order valence-electron chi connectivity index (χ0n) is 17.2. The predicted octanol–water partition coefficient (Wildman–Crippen LogP) is 5.47. The second kappa shape index (κ2) is 8.11. The molecule has 3 aromatic carbocycles. The molecule has 1 N–H and O–H groups in total. The Morgan fingerprint density at radius 3 is 2.66 bits per heavy atom. The van der Waals surface area contributed by atoms with E-state index in [1.807, 2.05) is 18.2 Å². The molecule has 0 radical (unpaired) electrons. The number of hydrogen-bond donors (Lipinski definition) is 1. The van der Waals surface area contributed by atoms with Crippen LogP contribution in [0.15, 0.2) is 77.8 Å². The molecule has 32 heavy (non-hydrogen) atoms. The van der Waals surface area contributed by atoms with Crippen molar-refractivity contribution in [2.75, 3.05) is 12.0 Å². The molecule has 0 atom stereocenters. The molecule has 2 aromatic heterocycles. The van der Waals surface area contributed by atoms with Gasteiger partial charge in [0.25, 0.3) is 10.0 Å². The number of benzene rings is 3. The van der Waals surface area contributed by atoms with Crippen LogP contribution in [0.4, 0.5) is 4.39 Å². The third-order valence-electron chi connectivity index (χ3n) is 5.42. The van der Waals surface area contributed by atoms with Crippen molar-refractivity contribution >= 4 is 43.7 Å². The third kappa shape index (κ3) is 3.59. The highest BCUT2D eigenvalue weighted by Gasteiger charge is 2.22. The summed E-state index contributed by atoms with van der Waals surface area (Å²) >= 11 is 1.76. The van der Waals surface area contributed by atoms with Gasteiger partial charge in [-0.05, 0) is 54.3 Å². The standard InChI is InChI=1S/C24H20FN3O2S2/c1-31-12-11-24-26-21-10-7-16(13-22(21)27-24)20-15-28(23-14-17(25)8-9-19(20)23)32(29,30)18-5-3-2-4-6-18/h2-10,13-15H,11-12H2,1H3,(H,26,27). The average molecular weight is 466 g/mol. The first-order chi connectivity index (χ1) is 15.5. The molecule has 0 aliphatic heterocycles. The fourth-order valence-corrected chi connectivity index (χ4v) is 5.63. The smallest absolute Gasteiger partial charge is 0.268 e. The Bertz CT molecular complexity index is 1540. The Hall–Kier alpha value is -3.10. The van der Waals surface area contributed by atoms with Gasteiger partial charge in [-0.3, -0.25) is 0 Å². The van der Waals surface area contributed by atoms with Gasteiger partial charge in [-0.1, -0.05) is 24.3 Å². The van der Waals surface area contributed by atoms with E-state index in [1.165, 1.54) is 24.3 Å². The number of thioether (sulfide) groups is 1. The van der Waals surface area contributed by atoms with Crippen molar-refractivity contribution in [3.63, 3.8) is 0 Å². The van der Waals surface area contributed by atoms with Gasteiger partial charge >= 0.3 is 0 Å². The molecular weight excluding hydrogens is 445 g/mol. The molecule has 0 spiro atoms. The maximum Gasteiger partial charge on any atom is 0.268 e. The predicted molar refractivity (Wildman–Crippen MR) is 128 cm³/mol. The summed E-state index contributed by atoms with van der Waals surface area (Å²) in [5.74, 6) is 1.40. The first-order valence-electron chi connectivity index (χ1n) is 10.1. The molecule has 0 aliphatic carbocycles. The van der Waals surface area contributed by atoms with E-state index in [4.69, 9.17) is 0 Å². The lowest BCUT2D eigenvalue weighted by Gasteiger charge is -2.07. The summed E-state index contributed by atoms with van der Waals surface area (Å²) in [5, 5.41) is 0.656.